The highest BCUT2D eigenvalue weighted by Gasteiger charge is 2.20. The molecule has 2 aromatic heterocycles. The van der Waals surface area contributed by atoms with Crippen LogP contribution in [0.2, 0.25) is 0 Å². The summed E-state index contributed by atoms with van der Waals surface area (Å²) in [5.74, 6) is 1.17. The Labute approximate surface area is 177 Å². The van der Waals surface area contributed by atoms with Crippen LogP contribution in [0.4, 0.5) is 5.82 Å². The van der Waals surface area contributed by atoms with Crippen molar-refractivity contribution < 1.29 is 13.5 Å². The van der Waals surface area contributed by atoms with E-state index in [0.717, 1.165) is 21.2 Å². The molecule has 29 heavy (non-hydrogen) atoms. The number of pyridine rings is 1. The number of hydrogen-bond acceptors (Lipinski definition) is 5. The molecule has 1 unspecified atom stereocenters. The first-order valence-electron chi connectivity index (χ1n) is 8.60. The van der Waals surface area contributed by atoms with E-state index in [4.69, 9.17) is 9.26 Å². The van der Waals surface area contributed by atoms with Crippen LogP contribution in [0.1, 0.15) is 5.56 Å². The lowest BCUT2D eigenvalue weighted by atomic mass is 10.2. The second-order valence-corrected chi connectivity index (χ2v) is 8.43. The van der Waals surface area contributed by atoms with Crippen molar-refractivity contribution in [2.75, 3.05) is 11.4 Å². The molecule has 0 radical (unpaired) electrons. The summed E-state index contributed by atoms with van der Waals surface area (Å²) >= 11 is 3.42. The number of hydrogen-bond donors (Lipinski definition) is 1. The summed E-state index contributed by atoms with van der Waals surface area (Å²) in [5, 5.41) is 5.15. The number of nitrogens with zero attached hydrogens (tertiary/aromatic N) is 2. The van der Waals surface area contributed by atoms with Crippen molar-refractivity contribution in [2.24, 2.45) is 0 Å². The van der Waals surface area contributed by atoms with E-state index in [1.54, 1.807) is 41.9 Å². The molecule has 0 aliphatic carbocycles. The highest BCUT2D eigenvalue weighted by atomic mass is 79.9. The van der Waals surface area contributed by atoms with Crippen molar-refractivity contribution in [2.45, 2.75) is 11.4 Å². The van der Waals surface area contributed by atoms with Gasteiger partial charge in [-0.1, -0.05) is 23.4 Å². The number of methoxy groups -OCH3 is 1. The summed E-state index contributed by atoms with van der Waals surface area (Å²) in [6, 6.07) is 14.3. The molecule has 1 N–H and O–H groups in total. The zero-order valence-corrected chi connectivity index (χ0v) is 17.7. The Morgan fingerprint density at radius 2 is 1.97 bits per heavy atom. The highest BCUT2D eigenvalue weighted by Crippen LogP contribution is 2.26. The fourth-order valence-corrected chi connectivity index (χ4v) is 4.54. The van der Waals surface area contributed by atoms with E-state index in [0.29, 0.717) is 22.6 Å². The zero-order valence-electron chi connectivity index (χ0n) is 15.3. The van der Waals surface area contributed by atoms with Gasteiger partial charge in [0.05, 0.1) is 18.6 Å². The van der Waals surface area contributed by atoms with E-state index in [-0.39, 0.29) is 5.56 Å². The van der Waals surface area contributed by atoms with Crippen molar-refractivity contribution in [3.8, 4) is 5.75 Å². The summed E-state index contributed by atoms with van der Waals surface area (Å²) in [6.07, 6.45) is 3.02. The molecule has 2 aromatic carbocycles. The minimum absolute atomic E-state index is 0.245. The number of fused-ring (bicyclic) bond motifs is 1. The monoisotopic (exact) mass is 473 g/mol. The lowest BCUT2D eigenvalue weighted by molar-refractivity contribution is 0.414. The quantitative estimate of drug-likeness (QED) is 0.456. The van der Waals surface area contributed by atoms with E-state index < -0.39 is 11.0 Å². The standard InChI is InChI=1S/C20H16BrN3O4S/c1-27-14-4-2-13(3-5-14)12-24(19-8-9-28-23-19)29(26)15-6-7-16-17(10-15)20(25)22-11-18(16)21/h2-11H,12H2,1H3,(H,22,25). The van der Waals surface area contributed by atoms with E-state index in [9.17, 15) is 9.00 Å². The molecule has 0 fully saturated rings. The lowest BCUT2D eigenvalue weighted by Crippen LogP contribution is -2.25. The number of aromatic amines is 1. The van der Waals surface area contributed by atoms with Crippen LogP contribution in [0.5, 0.6) is 5.75 Å². The summed E-state index contributed by atoms with van der Waals surface area (Å²) in [5.41, 5.74) is 0.675. The van der Waals surface area contributed by atoms with Crippen LogP contribution < -0.4 is 14.6 Å². The number of aromatic nitrogens is 2. The van der Waals surface area contributed by atoms with Crippen LogP contribution in [-0.4, -0.2) is 21.5 Å². The highest BCUT2D eigenvalue weighted by molar-refractivity contribution is 9.10. The molecule has 0 bridgehead atoms. The molecular formula is C20H16BrN3O4S. The normalized spacial score (nSPS) is 12.1. The van der Waals surface area contributed by atoms with Gasteiger partial charge in [0.2, 0.25) is 0 Å². The predicted octanol–water partition coefficient (Wildman–Crippen LogP) is 4.02. The molecule has 2 heterocycles. The molecule has 4 rings (SSSR count). The van der Waals surface area contributed by atoms with E-state index in [1.165, 1.54) is 6.26 Å². The first-order valence-corrected chi connectivity index (χ1v) is 10.5. The smallest absolute Gasteiger partial charge is 0.255 e. The maximum atomic E-state index is 13.4. The second kappa shape index (κ2) is 8.22. The molecule has 0 aliphatic heterocycles. The maximum absolute atomic E-state index is 13.4. The van der Waals surface area contributed by atoms with Crippen LogP contribution in [0, 0.1) is 0 Å². The Morgan fingerprint density at radius 3 is 2.66 bits per heavy atom. The van der Waals surface area contributed by atoms with E-state index in [1.807, 2.05) is 24.3 Å². The van der Waals surface area contributed by atoms with Gasteiger partial charge in [-0.3, -0.25) is 9.10 Å². The first-order chi connectivity index (χ1) is 14.1. The molecule has 0 spiro atoms. The van der Waals surface area contributed by atoms with Crippen molar-refractivity contribution in [3.63, 3.8) is 0 Å². The number of H-pyrrole nitrogens is 1. The fourth-order valence-electron chi connectivity index (χ4n) is 2.90. The maximum Gasteiger partial charge on any atom is 0.255 e. The van der Waals surface area contributed by atoms with E-state index in [2.05, 4.69) is 26.1 Å². The second-order valence-electron chi connectivity index (χ2n) is 6.16. The SMILES string of the molecule is COc1ccc(CN(c2ccon2)S(=O)c2ccc3c(Br)c[nH]c(=O)c3c2)cc1. The van der Waals surface area contributed by atoms with Crippen molar-refractivity contribution in [1.29, 1.82) is 0 Å². The molecule has 4 aromatic rings. The molecule has 0 saturated heterocycles. The molecule has 0 saturated carbocycles. The third-order valence-corrected chi connectivity index (χ3v) is 6.42. The molecule has 0 amide bonds. The molecule has 0 aliphatic rings. The van der Waals surface area contributed by atoms with Crippen LogP contribution in [0.3, 0.4) is 0 Å². The zero-order chi connectivity index (χ0) is 20.4. The minimum Gasteiger partial charge on any atom is -0.497 e. The van der Waals surface area contributed by atoms with Crippen LogP contribution in [0.15, 0.2) is 79.7 Å². The summed E-state index contributed by atoms with van der Waals surface area (Å²) in [4.78, 5) is 15.4. The fraction of sp³-hybridized carbons (Fsp3) is 0.100. The van der Waals surface area contributed by atoms with Crippen molar-refractivity contribution >= 4 is 43.5 Å². The van der Waals surface area contributed by atoms with Gasteiger partial charge in [-0.15, -0.1) is 0 Å². The lowest BCUT2D eigenvalue weighted by Gasteiger charge is -2.21. The van der Waals surface area contributed by atoms with Gasteiger partial charge in [-0.2, -0.15) is 0 Å². The van der Waals surface area contributed by atoms with Crippen LogP contribution in [0.25, 0.3) is 10.8 Å². The van der Waals surface area contributed by atoms with Crippen LogP contribution in [-0.2, 0) is 17.5 Å². The van der Waals surface area contributed by atoms with Gasteiger partial charge in [-0.05, 0) is 45.8 Å². The largest absolute Gasteiger partial charge is 0.497 e. The first kappa shape index (κ1) is 19.4. The number of benzene rings is 2. The van der Waals surface area contributed by atoms with Gasteiger partial charge in [-0.25, -0.2) is 4.21 Å². The average molecular weight is 474 g/mol. The predicted molar refractivity (Wildman–Crippen MR) is 114 cm³/mol. The molecule has 1 atom stereocenters. The summed E-state index contributed by atoms with van der Waals surface area (Å²) in [6.45, 7) is 0.329. The number of halogens is 1. The van der Waals surface area contributed by atoms with Crippen molar-refractivity contribution in [3.05, 3.63) is 81.4 Å². The van der Waals surface area contributed by atoms with Gasteiger partial charge in [0, 0.05) is 27.5 Å². The van der Waals surface area contributed by atoms with E-state index >= 15 is 0 Å². The van der Waals surface area contributed by atoms with Crippen LogP contribution >= 0.6 is 15.9 Å². The van der Waals surface area contributed by atoms with Crippen molar-refractivity contribution in [1.82, 2.24) is 10.1 Å². The molecule has 7 nitrogen and oxygen atoms in total. The Balaban J connectivity index is 1.72. The third kappa shape index (κ3) is 3.96. The number of rotatable bonds is 6. The number of ether oxygens (including phenoxy) is 1. The van der Waals surface area contributed by atoms with Gasteiger partial charge < -0.3 is 14.2 Å². The molecular weight excluding hydrogens is 458 g/mol. The number of nitrogens with one attached hydrogen (secondary N) is 1. The topological polar surface area (TPSA) is 88.4 Å². The summed E-state index contributed by atoms with van der Waals surface area (Å²) in [7, 11) is -0.0149. The minimum atomic E-state index is -1.62. The average Bonchev–Trinajstić information content (AvgIpc) is 3.29. The van der Waals surface area contributed by atoms with Gasteiger partial charge in [0.15, 0.2) is 16.8 Å². The van der Waals surface area contributed by atoms with Gasteiger partial charge >= 0.3 is 0 Å². The Morgan fingerprint density at radius 1 is 1.17 bits per heavy atom. The van der Waals surface area contributed by atoms with Gasteiger partial charge in [0.1, 0.15) is 12.0 Å². The summed E-state index contributed by atoms with van der Waals surface area (Å²) < 4.78 is 25.9. The van der Waals surface area contributed by atoms with Gasteiger partial charge in [0.25, 0.3) is 5.56 Å². The molecule has 148 valence electrons. The molecule has 9 heteroatoms. The number of anilines is 1. The Bertz CT molecular complexity index is 1220. The Kier molecular flexibility index (Phi) is 5.50. The third-order valence-electron chi connectivity index (χ3n) is 4.39. The Hall–Kier alpha value is -2.91.